The maximum absolute atomic E-state index is 12.3. The Labute approximate surface area is 116 Å². The quantitative estimate of drug-likeness (QED) is 0.821. The van der Waals surface area contributed by atoms with Crippen molar-refractivity contribution in [1.82, 2.24) is 25.3 Å². The Morgan fingerprint density at radius 3 is 2.45 bits per heavy atom. The number of hydrogen-bond donors (Lipinski definition) is 2. The molecule has 0 atom stereocenters. The second-order valence-corrected chi connectivity index (χ2v) is 5.95. The first-order valence-electron chi connectivity index (χ1n) is 5.81. The minimum absolute atomic E-state index is 0.0241. The molecule has 108 valence electrons. The van der Waals surface area contributed by atoms with Crippen LogP contribution in [0.3, 0.4) is 0 Å². The van der Waals surface area contributed by atoms with Gasteiger partial charge in [-0.2, -0.15) is 5.21 Å². The van der Waals surface area contributed by atoms with Crippen LogP contribution >= 0.6 is 0 Å². The van der Waals surface area contributed by atoms with Crippen LogP contribution in [0.4, 0.5) is 0 Å². The number of aryl methyl sites for hydroxylation is 2. The first-order chi connectivity index (χ1) is 9.44. The Morgan fingerprint density at radius 1 is 1.30 bits per heavy atom. The summed E-state index contributed by atoms with van der Waals surface area (Å²) in [7, 11) is -2.11. The molecular weight excluding hydrogens is 282 g/mol. The molecule has 0 saturated heterocycles. The highest BCUT2D eigenvalue weighted by Gasteiger charge is 2.20. The van der Waals surface area contributed by atoms with Gasteiger partial charge in [-0.25, -0.2) is 13.1 Å². The zero-order chi connectivity index (χ0) is 14.8. The lowest BCUT2D eigenvalue weighted by Gasteiger charge is -2.13. The van der Waals surface area contributed by atoms with Crippen molar-refractivity contribution in [1.29, 1.82) is 0 Å². The van der Waals surface area contributed by atoms with E-state index in [1.54, 1.807) is 26.0 Å². The molecule has 0 spiro atoms. The number of benzene rings is 1. The third-order valence-electron chi connectivity index (χ3n) is 2.75. The highest BCUT2D eigenvalue weighted by atomic mass is 32.2. The molecule has 0 amide bonds. The first kappa shape index (κ1) is 14.4. The molecule has 2 N–H and O–H groups in total. The lowest BCUT2D eigenvalue weighted by atomic mass is 10.1. The van der Waals surface area contributed by atoms with Gasteiger partial charge in [0.05, 0.1) is 18.6 Å². The van der Waals surface area contributed by atoms with E-state index in [9.17, 15) is 8.42 Å². The van der Waals surface area contributed by atoms with Gasteiger partial charge in [0.25, 0.3) is 0 Å². The Balaban J connectivity index is 2.29. The maximum atomic E-state index is 12.3. The number of aromatic amines is 1. The predicted octanol–water partition coefficient (Wildman–Crippen LogP) is 0.304. The Morgan fingerprint density at radius 2 is 1.95 bits per heavy atom. The fraction of sp³-hybridized carbons (Fsp3) is 0.364. The number of H-pyrrole nitrogens is 1. The molecular formula is C11H15N5O3S. The van der Waals surface area contributed by atoms with Gasteiger partial charge in [-0.3, -0.25) is 0 Å². The first-order valence-corrected chi connectivity index (χ1v) is 7.29. The molecule has 2 aromatic rings. The van der Waals surface area contributed by atoms with Crippen molar-refractivity contribution in [2.45, 2.75) is 25.3 Å². The second-order valence-electron chi connectivity index (χ2n) is 4.24. The Kier molecular flexibility index (Phi) is 4.00. The normalized spacial score (nSPS) is 11.6. The fourth-order valence-corrected chi connectivity index (χ4v) is 3.37. The molecule has 9 heteroatoms. The third kappa shape index (κ3) is 2.94. The van der Waals surface area contributed by atoms with Gasteiger partial charge < -0.3 is 4.74 Å². The molecule has 2 rings (SSSR count). The largest absolute Gasteiger partial charge is 0.497 e. The van der Waals surface area contributed by atoms with Crippen LogP contribution in [0.1, 0.15) is 17.0 Å². The molecule has 0 saturated carbocycles. The van der Waals surface area contributed by atoms with Crippen LogP contribution in [-0.4, -0.2) is 36.2 Å². The lowest BCUT2D eigenvalue weighted by molar-refractivity contribution is 0.413. The molecule has 1 heterocycles. The van der Waals surface area contributed by atoms with Gasteiger partial charge in [-0.05, 0) is 37.1 Å². The van der Waals surface area contributed by atoms with E-state index in [1.807, 2.05) is 0 Å². The number of nitrogens with zero attached hydrogens (tertiary/aromatic N) is 3. The van der Waals surface area contributed by atoms with Gasteiger partial charge in [-0.1, -0.05) is 5.21 Å². The standard InChI is InChI=1S/C11H15N5O3S/c1-7-4-9(19-3)5-8(2)11(7)20(17,18)12-6-10-13-15-16-14-10/h4-5,12H,6H2,1-3H3,(H,13,14,15,16). The molecule has 0 radical (unpaired) electrons. The lowest BCUT2D eigenvalue weighted by Crippen LogP contribution is -2.25. The average Bonchev–Trinajstić information content (AvgIpc) is 2.88. The fourth-order valence-electron chi connectivity index (χ4n) is 1.94. The van der Waals surface area contributed by atoms with Gasteiger partial charge in [0.2, 0.25) is 10.0 Å². The zero-order valence-corrected chi connectivity index (χ0v) is 12.2. The number of rotatable bonds is 5. The van der Waals surface area contributed by atoms with Gasteiger partial charge in [0, 0.05) is 0 Å². The minimum atomic E-state index is -3.65. The van der Waals surface area contributed by atoms with Crippen molar-refractivity contribution in [2.24, 2.45) is 0 Å². The van der Waals surface area contributed by atoms with Crippen LogP contribution in [0.15, 0.2) is 17.0 Å². The summed E-state index contributed by atoms with van der Waals surface area (Å²) in [5.74, 6) is 0.898. The van der Waals surface area contributed by atoms with Crippen molar-refractivity contribution < 1.29 is 13.2 Å². The highest BCUT2D eigenvalue weighted by Crippen LogP contribution is 2.25. The third-order valence-corrected chi connectivity index (χ3v) is 4.45. The molecule has 1 aromatic carbocycles. The number of sulfonamides is 1. The molecule has 0 fully saturated rings. The summed E-state index contributed by atoms with van der Waals surface area (Å²) in [5.41, 5.74) is 1.23. The number of methoxy groups -OCH3 is 1. The van der Waals surface area contributed by atoms with Gasteiger partial charge >= 0.3 is 0 Å². The summed E-state index contributed by atoms with van der Waals surface area (Å²) >= 11 is 0. The van der Waals surface area contributed by atoms with E-state index in [1.165, 1.54) is 7.11 Å². The van der Waals surface area contributed by atoms with Crippen molar-refractivity contribution in [3.63, 3.8) is 0 Å². The van der Waals surface area contributed by atoms with Crippen molar-refractivity contribution in [3.05, 3.63) is 29.1 Å². The van der Waals surface area contributed by atoms with E-state index in [2.05, 4.69) is 25.3 Å². The van der Waals surface area contributed by atoms with Crippen molar-refractivity contribution in [2.75, 3.05) is 7.11 Å². The Bertz CT molecular complexity index is 674. The molecule has 8 nitrogen and oxygen atoms in total. The second kappa shape index (κ2) is 5.55. The molecule has 1 aromatic heterocycles. The summed E-state index contributed by atoms with van der Waals surface area (Å²) in [6, 6.07) is 3.35. The van der Waals surface area contributed by atoms with Crippen molar-refractivity contribution >= 4 is 10.0 Å². The molecule has 0 unspecified atom stereocenters. The van der Waals surface area contributed by atoms with E-state index < -0.39 is 10.0 Å². The average molecular weight is 297 g/mol. The van der Waals surface area contributed by atoms with Crippen LogP contribution in [0.25, 0.3) is 0 Å². The molecule has 0 bridgehead atoms. The summed E-state index contributed by atoms with van der Waals surface area (Å²) in [4.78, 5) is 0.238. The number of hydrogen-bond acceptors (Lipinski definition) is 6. The van der Waals surface area contributed by atoms with E-state index in [0.29, 0.717) is 16.9 Å². The molecule has 0 aliphatic heterocycles. The van der Waals surface area contributed by atoms with Gasteiger partial charge in [-0.15, -0.1) is 10.2 Å². The molecule has 0 aliphatic rings. The summed E-state index contributed by atoms with van der Waals surface area (Å²) in [6.45, 7) is 3.42. The predicted molar refractivity (Wildman–Crippen MR) is 70.7 cm³/mol. The highest BCUT2D eigenvalue weighted by molar-refractivity contribution is 7.89. The van der Waals surface area contributed by atoms with Crippen LogP contribution in [0.5, 0.6) is 5.75 Å². The number of tetrazole rings is 1. The number of ether oxygens (including phenoxy) is 1. The van der Waals surface area contributed by atoms with Gasteiger partial charge in [0.1, 0.15) is 5.75 Å². The zero-order valence-electron chi connectivity index (χ0n) is 11.3. The van der Waals surface area contributed by atoms with Crippen LogP contribution in [0.2, 0.25) is 0 Å². The van der Waals surface area contributed by atoms with Crippen LogP contribution in [-0.2, 0) is 16.6 Å². The molecule has 20 heavy (non-hydrogen) atoms. The van der Waals surface area contributed by atoms with E-state index in [-0.39, 0.29) is 17.3 Å². The number of nitrogens with one attached hydrogen (secondary N) is 2. The van der Waals surface area contributed by atoms with E-state index in [0.717, 1.165) is 0 Å². The summed E-state index contributed by atoms with van der Waals surface area (Å²) < 4.78 is 32.2. The van der Waals surface area contributed by atoms with Crippen molar-refractivity contribution in [3.8, 4) is 5.75 Å². The smallest absolute Gasteiger partial charge is 0.241 e. The van der Waals surface area contributed by atoms with Crippen LogP contribution in [0, 0.1) is 13.8 Å². The Hall–Kier alpha value is -2.00. The molecule has 0 aliphatic carbocycles. The van der Waals surface area contributed by atoms with Crippen LogP contribution < -0.4 is 9.46 Å². The summed E-state index contributed by atoms with van der Waals surface area (Å²) in [6.07, 6.45) is 0. The SMILES string of the molecule is COc1cc(C)c(S(=O)(=O)NCc2nn[nH]n2)c(C)c1. The monoisotopic (exact) mass is 297 g/mol. The van der Waals surface area contributed by atoms with Gasteiger partial charge in [0.15, 0.2) is 5.82 Å². The van der Waals surface area contributed by atoms with E-state index >= 15 is 0 Å². The minimum Gasteiger partial charge on any atom is -0.497 e. The maximum Gasteiger partial charge on any atom is 0.241 e. The topological polar surface area (TPSA) is 110 Å². The van der Waals surface area contributed by atoms with E-state index in [4.69, 9.17) is 4.74 Å². The summed E-state index contributed by atoms with van der Waals surface area (Å²) in [5, 5.41) is 13.0. The number of aromatic nitrogens is 4.